The van der Waals surface area contributed by atoms with Crippen molar-refractivity contribution in [3.63, 3.8) is 0 Å². The largest absolute Gasteiger partial charge is 0.397 e. The molecule has 0 saturated carbocycles. The van der Waals surface area contributed by atoms with Gasteiger partial charge in [-0.1, -0.05) is 115 Å². The Morgan fingerprint density at radius 1 is 0.820 bits per heavy atom. The summed E-state index contributed by atoms with van der Waals surface area (Å²) < 4.78 is 47.1. The van der Waals surface area contributed by atoms with E-state index >= 15 is 0 Å². The third-order valence-corrected chi connectivity index (χ3v) is 9.02. The number of carbonyl (C=O) groups is 1. The average molecular weight is 736 g/mol. The highest BCUT2D eigenvalue weighted by Gasteiger charge is 2.48. The molecule has 7 N–H and O–H groups in total. The van der Waals surface area contributed by atoms with Crippen LogP contribution in [0.1, 0.15) is 123 Å². The minimum absolute atomic E-state index is 0.223. The lowest BCUT2D eigenvalue weighted by Crippen LogP contribution is -2.61. The van der Waals surface area contributed by atoms with Crippen molar-refractivity contribution in [2.45, 2.75) is 172 Å². The molecule has 0 aliphatic carbocycles. The second-order valence-electron chi connectivity index (χ2n) is 13.0. The van der Waals surface area contributed by atoms with Crippen molar-refractivity contribution in [1.29, 1.82) is 0 Å². The van der Waals surface area contributed by atoms with E-state index in [0.29, 0.717) is 12.8 Å². The lowest BCUT2D eigenvalue weighted by atomic mass is 9.99. The van der Waals surface area contributed by atoms with E-state index in [2.05, 4.69) is 47.7 Å². The van der Waals surface area contributed by atoms with Crippen LogP contribution in [0, 0.1) is 0 Å². The summed E-state index contributed by atoms with van der Waals surface area (Å²) in [6.45, 7) is 3.05. The average Bonchev–Trinajstić information content (AvgIpc) is 3.08. The Morgan fingerprint density at radius 2 is 1.36 bits per heavy atom. The van der Waals surface area contributed by atoms with Gasteiger partial charge in [0.1, 0.15) is 30.5 Å². The van der Waals surface area contributed by atoms with Gasteiger partial charge < -0.3 is 40.3 Å². The molecule has 8 atom stereocenters. The monoisotopic (exact) mass is 735 g/mol. The fourth-order valence-corrected chi connectivity index (χ4v) is 6.02. The molecular formula is C36H65NO12S. The number of rotatable bonds is 29. The summed E-state index contributed by atoms with van der Waals surface area (Å²) >= 11 is 0. The number of nitrogens with one attached hydrogen (secondary N) is 1. The first-order valence-corrected chi connectivity index (χ1v) is 19.9. The smallest absolute Gasteiger partial charge is 0.394 e. The number of hydrogen-bond donors (Lipinski definition) is 7. The van der Waals surface area contributed by atoms with Crippen LogP contribution in [-0.4, -0.2) is 107 Å². The molecule has 1 aliphatic rings. The number of aliphatic hydroxyl groups is 5. The highest BCUT2D eigenvalue weighted by molar-refractivity contribution is 7.80. The van der Waals surface area contributed by atoms with Crippen LogP contribution in [0.4, 0.5) is 0 Å². The molecule has 8 unspecified atom stereocenters. The summed E-state index contributed by atoms with van der Waals surface area (Å²) in [5.41, 5.74) is 0. The Balaban J connectivity index is 2.68. The van der Waals surface area contributed by atoms with E-state index in [4.69, 9.17) is 14.0 Å². The van der Waals surface area contributed by atoms with Crippen molar-refractivity contribution < 1.29 is 57.0 Å². The molecule has 0 radical (unpaired) electrons. The second-order valence-corrected chi connectivity index (χ2v) is 14.0. The van der Waals surface area contributed by atoms with Gasteiger partial charge in [0.2, 0.25) is 5.91 Å². The molecular weight excluding hydrogens is 670 g/mol. The van der Waals surface area contributed by atoms with Crippen LogP contribution in [0.3, 0.4) is 0 Å². The van der Waals surface area contributed by atoms with Gasteiger partial charge in [-0.05, 0) is 44.9 Å². The molecule has 0 spiro atoms. The minimum atomic E-state index is -5.11. The Hall–Kier alpha value is -1.72. The highest BCUT2D eigenvalue weighted by Crippen LogP contribution is 2.26. The van der Waals surface area contributed by atoms with Gasteiger partial charge in [0, 0.05) is 0 Å². The maximum Gasteiger partial charge on any atom is 0.397 e. The quantitative estimate of drug-likeness (QED) is 0.0250. The molecule has 1 rings (SSSR count). The van der Waals surface area contributed by atoms with Gasteiger partial charge in [0.25, 0.3) is 0 Å². The highest BCUT2D eigenvalue weighted by atomic mass is 32.3. The van der Waals surface area contributed by atoms with Crippen LogP contribution in [0.2, 0.25) is 0 Å². The van der Waals surface area contributed by atoms with Gasteiger partial charge >= 0.3 is 10.4 Å². The number of amides is 1. The van der Waals surface area contributed by atoms with Crippen molar-refractivity contribution in [2.24, 2.45) is 0 Å². The van der Waals surface area contributed by atoms with Crippen LogP contribution in [0.15, 0.2) is 36.5 Å². The standard InChI is InChI=1S/C36H65NO12S/c1-3-5-7-9-11-12-13-14-15-16-17-19-21-23-25-30(40)35(43)37-28(29(39)24-22-20-18-10-8-6-4-2)27-47-36-33(42)34(49-50(44,45)46)32(41)31(26-38)48-36/h11-14,22,24,28-34,36,38-42H,3-10,15-21,23,25-27H2,1-2H3,(H,37,43)(H,44,45,46)/b12-11-,14-13-,24-22+. The Labute approximate surface area is 299 Å². The zero-order valence-electron chi connectivity index (χ0n) is 30.1. The number of hydrogen-bond acceptors (Lipinski definition) is 11. The molecule has 0 aromatic heterocycles. The molecule has 0 aromatic carbocycles. The second kappa shape index (κ2) is 27.9. The molecule has 292 valence electrons. The summed E-state index contributed by atoms with van der Waals surface area (Å²) in [6, 6.07) is -1.12. The van der Waals surface area contributed by atoms with Crippen LogP contribution in [0.25, 0.3) is 0 Å². The van der Waals surface area contributed by atoms with E-state index in [0.717, 1.165) is 70.6 Å². The first kappa shape index (κ1) is 46.3. The van der Waals surface area contributed by atoms with E-state index in [-0.39, 0.29) is 6.42 Å². The molecule has 0 bridgehead atoms. The van der Waals surface area contributed by atoms with Gasteiger partial charge in [0.15, 0.2) is 6.29 Å². The predicted molar refractivity (Wildman–Crippen MR) is 191 cm³/mol. The molecule has 50 heavy (non-hydrogen) atoms. The first-order chi connectivity index (χ1) is 23.9. The molecule has 1 fully saturated rings. The van der Waals surface area contributed by atoms with E-state index in [9.17, 15) is 38.7 Å². The lowest BCUT2D eigenvalue weighted by molar-refractivity contribution is -0.298. The van der Waals surface area contributed by atoms with Gasteiger partial charge in [-0.15, -0.1) is 0 Å². The molecule has 1 heterocycles. The Bertz CT molecular complexity index is 1070. The third-order valence-electron chi connectivity index (χ3n) is 8.55. The van der Waals surface area contributed by atoms with E-state index in [1.165, 1.54) is 25.3 Å². The number of aliphatic hydroxyl groups excluding tert-OH is 5. The van der Waals surface area contributed by atoms with Crippen molar-refractivity contribution in [2.75, 3.05) is 13.2 Å². The molecule has 13 nitrogen and oxygen atoms in total. The summed E-state index contributed by atoms with van der Waals surface area (Å²) in [6.07, 6.45) is 17.1. The van der Waals surface area contributed by atoms with Crippen molar-refractivity contribution in [3.8, 4) is 0 Å². The number of carbonyl (C=O) groups excluding carboxylic acids is 1. The van der Waals surface area contributed by atoms with E-state index in [1.807, 2.05) is 0 Å². The lowest BCUT2D eigenvalue weighted by Gasteiger charge is -2.41. The molecule has 1 saturated heterocycles. The van der Waals surface area contributed by atoms with Gasteiger partial charge in [-0.3, -0.25) is 9.35 Å². The maximum absolute atomic E-state index is 12.9. The van der Waals surface area contributed by atoms with Crippen LogP contribution in [-0.2, 0) is 28.9 Å². The van der Waals surface area contributed by atoms with Gasteiger partial charge in [-0.25, -0.2) is 4.18 Å². The topological polar surface area (TPSA) is 212 Å². The van der Waals surface area contributed by atoms with Crippen molar-refractivity contribution >= 4 is 16.3 Å². The SMILES string of the molecule is CCCCC/C=C\C=C/CCCCCCCC(O)C(=O)NC(COC1OC(CO)C(O)C(OS(=O)(=O)O)C1O)C(O)/C=C/CCCCCCC. The minimum Gasteiger partial charge on any atom is -0.394 e. The van der Waals surface area contributed by atoms with Crippen LogP contribution >= 0.6 is 0 Å². The van der Waals surface area contributed by atoms with Gasteiger partial charge in [-0.2, -0.15) is 8.42 Å². The first-order valence-electron chi connectivity index (χ1n) is 18.5. The molecule has 1 amide bonds. The fraction of sp³-hybridized carbons (Fsp3) is 0.806. The zero-order chi connectivity index (χ0) is 37.2. The summed E-state index contributed by atoms with van der Waals surface area (Å²) in [7, 11) is -5.11. The summed E-state index contributed by atoms with van der Waals surface area (Å²) in [4.78, 5) is 12.9. The van der Waals surface area contributed by atoms with Crippen molar-refractivity contribution in [3.05, 3.63) is 36.5 Å². The number of allylic oxidation sites excluding steroid dienone is 5. The van der Waals surface area contributed by atoms with Gasteiger partial charge in [0.05, 0.1) is 25.4 Å². The molecule has 0 aromatic rings. The zero-order valence-corrected chi connectivity index (χ0v) is 30.9. The van der Waals surface area contributed by atoms with Crippen LogP contribution < -0.4 is 5.32 Å². The van der Waals surface area contributed by atoms with Crippen molar-refractivity contribution in [1.82, 2.24) is 5.32 Å². The maximum atomic E-state index is 12.9. The normalized spacial score (nSPS) is 23.6. The number of unbranched alkanes of at least 4 members (excludes halogenated alkanes) is 13. The predicted octanol–water partition coefficient (Wildman–Crippen LogP) is 4.18. The van der Waals surface area contributed by atoms with E-state index in [1.54, 1.807) is 6.08 Å². The van der Waals surface area contributed by atoms with E-state index < -0.39 is 78.5 Å². The molecule has 14 heteroatoms. The Kier molecular flexibility index (Phi) is 25.8. The number of ether oxygens (including phenoxy) is 2. The third kappa shape index (κ3) is 21.0. The Morgan fingerprint density at radius 3 is 1.96 bits per heavy atom. The summed E-state index contributed by atoms with van der Waals surface area (Å²) in [5.74, 6) is -0.722. The fourth-order valence-electron chi connectivity index (χ4n) is 5.51. The van der Waals surface area contributed by atoms with Crippen LogP contribution in [0.5, 0.6) is 0 Å². The summed E-state index contributed by atoms with van der Waals surface area (Å²) in [5, 5.41) is 54.6. The molecule has 1 aliphatic heterocycles.